The number of hydrogen-bond acceptors (Lipinski definition) is 4. The third-order valence-electron chi connectivity index (χ3n) is 4.43. The van der Waals surface area contributed by atoms with E-state index in [4.69, 9.17) is 4.74 Å². The van der Waals surface area contributed by atoms with Crippen molar-refractivity contribution in [1.29, 1.82) is 0 Å². The molecular weight excluding hydrogens is 358 g/mol. The van der Waals surface area contributed by atoms with Crippen LogP contribution in [-0.2, 0) is 20.9 Å². The van der Waals surface area contributed by atoms with Crippen molar-refractivity contribution in [2.75, 3.05) is 13.2 Å². The highest BCUT2D eigenvalue weighted by Gasteiger charge is 2.20. The summed E-state index contributed by atoms with van der Waals surface area (Å²) in [5.41, 5.74) is 3.27. The van der Waals surface area contributed by atoms with Crippen LogP contribution in [0.25, 0.3) is 0 Å². The maximum atomic E-state index is 12.4. The van der Waals surface area contributed by atoms with Gasteiger partial charge in [-0.05, 0) is 39.3 Å². The van der Waals surface area contributed by atoms with Crippen LogP contribution < -0.4 is 10.6 Å². The van der Waals surface area contributed by atoms with Crippen LogP contribution >= 0.6 is 0 Å². The number of aromatic nitrogens is 1. The fourth-order valence-electron chi connectivity index (χ4n) is 2.90. The molecule has 1 aromatic carbocycles. The van der Waals surface area contributed by atoms with Gasteiger partial charge in [0.15, 0.2) is 6.61 Å². The van der Waals surface area contributed by atoms with Crippen LogP contribution in [0.15, 0.2) is 36.4 Å². The van der Waals surface area contributed by atoms with Gasteiger partial charge in [-0.2, -0.15) is 0 Å². The van der Waals surface area contributed by atoms with E-state index in [1.807, 2.05) is 48.7 Å². The summed E-state index contributed by atoms with van der Waals surface area (Å²) in [4.78, 5) is 36.0. The number of aryl methyl sites for hydroxylation is 1. The van der Waals surface area contributed by atoms with Crippen LogP contribution in [0.1, 0.15) is 41.2 Å². The number of ether oxygens (including phenoxy) is 1. The fraction of sp³-hybridized carbons (Fsp3) is 0.381. The Bertz CT molecular complexity index is 843. The lowest BCUT2D eigenvalue weighted by atomic mass is 10.2. The third kappa shape index (κ3) is 5.45. The van der Waals surface area contributed by atoms with Crippen LogP contribution in [0, 0.1) is 13.8 Å². The molecule has 0 unspecified atom stereocenters. The van der Waals surface area contributed by atoms with Crippen LogP contribution in [0.3, 0.4) is 0 Å². The van der Waals surface area contributed by atoms with E-state index in [0.717, 1.165) is 17.0 Å². The van der Waals surface area contributed by atoms with E-state index < -0.39 is 24.5 Å². The molecule has 0 saturated heterocycles. The molecule has 28 heavy (non-hydrogen) atoms. The number of carbonyl (C=O) groups is 3. The number of likely N-dealkylation sites (N-methyl/N-ethyl adjacent to an activating group) is 1. The Morgan fingerprint density at radius 1 is 1.14 bits per heavy atom. The van der Waals surface area contributed by atoms with Crippen molar-refractivity contribution in [2.24, 2.45) is 0 Å². The van der Waals surface area contributed by atoms with E-state index in [1.165, 1.54) is 0 Å². The first-order valence-electron chi connectivity index (χ1n) is 9.28. The van der Waals surface area contributed by atoms with E-state index in [1.54, 1.807) is 19.9 Å². The predicted octanol–water partition coefficient (Wildman–Crippen LogP) is 1.95. The summed E-state index contributed by atoms with van der Waals surface area (Å²) >= 11 is 0. The Balaban J connectivity index is 1.96. The molecule has 2 N–H and O–H groups in total. The van der Waals surface area contributed by atoms with Gasteiger partial charge in [-0.1, -0.05) is 30.3 Å². The number of carbonyl (C=O) groups excluding carboxylic acids is 3. The smallest absolute Gasteiger partial charge is 0.340 e. The Hall–Kier alpha value is -3.09. The van der Waals surface area contributed by atoms with E-state index in [0.29, 0.717) is 18.7 Å². The van der Waals surface area contributed by atoms with E-state index in [2.05, 4.69) is 10.6 Å². The van der Waals surface area contributed by atoms with Gasteiger partial charge in [-0.15, -0.1) is 0 Å². The Labute approximate surface area is 165 Å². The topological polar surface area (TPSA) is 89.4 Å². The van der Waals surface area contributed by atoms with Gasteiger partial charge in [0, 0.05) is 24.5 Å². The molecule has 7 heteroatoms. The molecule has 0 aliphatic heterocycles. The second kappa shape index (κ2) is 9.73. The summed E-state index contributed by atoms with van der Waals surface area (Å²) in [5.74, 6) is -1.37. The van der Waals surface area contributed by atoms with Gasteiger partial charge >= 0.3 is 5.97 Å². The highest BCUT2D eigenvalue weighted by molar-refractivity contribution is 5.93. The lowest BCUT2D eigenvalue weighted by Gasteiger charge is -2.13. The summed E-state index contributed by atoms with van der Waals surface area (Å²) in [6.07, 6.45) is 0. The van der Waals surface area contributed by atoms with Gasteiger partial charge in [-0.3, -0.25) is 9.59 Å². The second-order valence-electron chi connectivity index (χ2n) is 6.62. The molecule has 2 rings (SSSR count). The molecule has 1 aromatic heterocycles. The number of hydrogen-bond donors (Lipinski definition) is 2. The molecule has 0 fully saturated rings. The minimum Gasteiger partial charge on any atom is -0.452 e. The summed E-state index contributed by atoms with van der Waals surface area (Å²) in [6, 6.07) is 11.0. The first kappa shape index (κ1) is 21.2. The number of rotatable bonds is 8. The SMILES string of the molecule is CCNC(=O)[C@@H](C)NC(=O)COC(=O)c1cc(C)n(Cc2ccccc2)c1C. The number of amides is 2. The minimum atomic E-state index is -0.693. The van der Waals surface area contributed by atoms with Crippen molar-refractivity contribution >= 4 is 17.8 Å². The number of benzene rings is 1. The first-order valence-corrected chi connectivity index (χ1v) is 9.28. The van der Waals surface area contributed by atoms with Gasteiger partial charge in [-0.25, -0.2) is 4.79 Å². The van der Waals surface area contributed by atoms with Gasteiger partial charge in [0.05, 0.1) is 5.56 Å². The summed E-state index contributed by atoms with van der Waals surface area (Å²) in [6.45, 7) is 7.83. The molecule has 0 saturated carbocycles. The number of nitrogens with one attached hydrogen (secondary N) is 2. The molecular formula is C21H27N3O4. The zero-order chi connectivity index (χ0) is 20.7. The average Bonchev–Trinajstić information content (AvgIpc) is 2.95. The molecule has 0 radical (unpaired) electrons. The van der Waals surface area contributed by atoms with Gasteiger partial charge < -0.3 is 19.9 Å². The molecule has 2 aromatic rings. The number of esters is 1. The highest BCUT2D eigenvalue weighted by atomic mass is 16.5. The molecule has 1 atom stereocenters. The molecule has 0 aliphatic carbocycles. The quantitative estimate of drug-likeness (QED) is 0.680. The maximum absolute atomic E-state index is 12.4. The summed E-state index contributed by atoms with van der Waals surface area (Å²) < 4.78 is 7.16. The second-order valence-corrected chi connectivity index (χ2v) is 6.62. The molecule has 150 valence electrons. The summed E-state index contributed by atoms with van der Waals surface area (Å²) in [5, 5.41) is 5.12. The summed E-state index contributed by atoms with van der Waals surface area (Å²) in [7, 11) is 0. The van der Waals surface area contributed by atoms with Gasteiger partial charge in [0.25, 0.3) is 5.91 Å². The van der Waals surface area contributed by atoms with Crippen molar-refractivity contribution in [3.63, 3.8) is 0 Å². The zero-order valence-corrected chi connectivity index (χ0v) is 16.7. The number of nitrogens with zero attached hydrogens (tertiary/aromatic N) is 1. The molecule has 0 spiro atoms. The Morgan fingerprint density at radius 3 is 2.46 bits per heavy atom. The van der Waals surface area contributed by atoms with E-state index in [9.17, 15) is 14.4 Å². The van der Waals surface area contributed by atoms with Crippen molar-refractivity contribution < 1.29 is 19.1 Å². The van der Waals surface area contributed by atoms with Crippen LogP contribution in [-0.4, -0.2) is 41.5 Å². The molecule has 0 aliphatic rings. The standard InChI is InChI=1S/C21H27N3O4/c1-5-22-20(26)15(3)23-19(25)13-28-21(27)18-11-14(2)24(16(18)4)12-17-9-7-6-8-10-17/h6-11,15H,5,12-13H2,1-4H3,(H,22,26)(H,23,25)/t15-/m1/s1. The lowest BCUT2D eigenvalue weighted by Crippen LogP contribution is -2.46. The lowest BCUT2D eigenvalue weighted by molar-refractivity contribution is -0.130. The monoisotopic (exact) mass is 385 g/mol. The van der Waals surface area contributed by atoms with Crippen molar-refractivity contribution in [2.45, 2.75) is 40.3 Å². The third-order valence-corrected chi connectivity index (χ3v) is 4.43. The van der Waals surface area contributed by atoms with Crippen molar-refractivity contribution in [3.05, 3.63) is 58.9 Å². The highest BCUT2D eigenvalue weighted by Crippen LogP contribution is 2.18. The van der Waals surface area contributed by atoms with Crippen LogP contribution in [0.4, 0.5) is 0 Å². The minimum absolute atomic E-state index is 0.286. The van der Waals surface area contributed by atoms with E-state index in [-0.39, 0.29) is 5.91 Å². The Kier molecular flexibility index (Phi) is 7.37. The van der Waals surface area contributed by atoms with E-state index >= 15 is 0 Å². The van der Waals surface area contributed by atoms with Crippen molar-refractivity contribution in [1.82, 2.24) is 15.2 Å². The van der Waals surface area contributed by atoms with Crippen LogP contribution in [0.2, 0.25) is 0 Å². The normalized spacial score (nSPS) is 11.6. The molecule has 7 nitrogen and oxygen atoms in total. The molecule has 2 amide bonds. The fourth-order valence-corrected chi connectivity index (χ4v) is 2.90. The maximum Gasteiger partial charge on any atom is 0.340 e. The first-order chi connectivity index (χ1) is 13.3. The molecule has 1 heterocycles. The van der Waals surface area contributed by atoms with Gasteiger partial charge in [0.2, 0.25) is 5.91 Å². The zero-order valence-electron chi connectivity index (χ0n) is 16.7. The van der Waals surface area contributed by atoms with Crippen LogP contribution in [0.5, 0.6) is 0 Å². The molecule has 0 bridgehead atoms. The Morgan fingerprint density at radius 2 is 1.82 bits per heavy atom. The van der Waals surface area contributed by atoms with Gasteiger partial charge in [0.1, 0.15) is 6.04 Å². The van der Waals surface area contributed by atoms with Crippen molar-refractivity contribution in [3.8, 4) is 0 Å². The predicted molar refractivity (Wildman–Crippen MR) is 106 cm³/mol. The average molecular weight is 385 g/mol. The largest absolute Gasteiger partial charge is 0.452 e.